The Morgan fingerprint density at radius 3 is 3.08 bits per heavy atom. The average molecular weight is 168 g/mol. The Kier molecular flexibility index (Phi) is 2.13. The molecule has 2 unspecified atom stereocenters. The van der Waals surface area contributed by atoms with E-state index in [2.05, 4.69) is 10.3 Å². The molecule has 66 valence electrons. The van der Waals surface area contributed by atoms with Gasteiger partial charge in [0, 0.05) is 12.2 Å². The van der Waals surface area contributed by atoms with Gasteiger partial charge in [0.2, 0.25) is 0 Å². The number of aromatic amines is 1. The number of alkyl halides is 1. The van der Waals surface area contributed by atoms with E-state index in [4.69, 9.17) is 0 Å². The van der Waals surface area contributed by atoms with E-state index >= 15 is 0 Å². The number of halogens is 1. The number of rotatable bonds is 2. The van der Waals surface area contributed by atoms with Crippen molar-refractivity contribution in [2.45, 2.75) is 25.1 Å². The third kappa shape index (κ3) is 1.37. The van der Waals surface area contributed by atoms with Gasteiger partial charge < -0.3 is 10.3 Å². The van der Waals surface area contributed by atoms with Crippen molar-refractivity contribution in [3.63, 3.8) is 0 Å². The van der Waals surface area contributed by atoms with Gasteiger partial charge in [-0.2, -0.15) is 0 Å². The minimum Gasteiger partial charge on any atom is -0.363 e. The Balaban J connectivity index is 2.04. The van der Waals surface area contributed by atoms with Crippen LogP contribution in [0.15, 0.2) is 18.3 Å². The predicted molar refractivity (Wildman–Crippen MR) is 45.7 cm³/mol. The van der Waals surface area contributed by atoms with E-state index in [0.29, 0.717) is 5.69 Å². The zero-order valence-corrected chi connectivity index (χ0v) is 6.89. The summed E-state index contributed by atoms with van der Waals surface area (Å²) < 4.78 is 13.6. The average Bonchev–Trinajstić information content (AvgIpc) is 2.77. The highest BCUT2D eigenvalue weighted by Crippen LogP contribution is 2.24. The predicted octanol–water partition coefficient (Wildman–Crippen LogP) is 1.78. The molecule has 3 heteroatoms. The van der Waals surface area contributed by atoms with Crippen molar-refractivity contribution in [1.82, 2.24) is 10.3 Å². The second kappa shape index (κ2) is 3.27. The fraction of sp³-hybridized carbons (Fsp3) is 0.556. The lowest BCUT2D eigenvalue weighted by molar-refractivity contribution is 0.266. The molecule has 1 aliphatic rings. The lowest BCUT2D eigenvalue weighted by atomic mass is 10.1. The monoisotopic (exact) mass is 168 g/mol. The van der Waals surface area contributed by atoms with Gasteiger partial charge in [-0.15, -0.1) is 0 Å². The highest BCUT2D eigenvalue weighted by Gasteiger charge is 2.25. The van der Waals surface area contributed by atoms with Crippen LogP contribution < -0.4 is 5.32 Å². The molecule has 1 aliphatic heterocycles. The summed E-state index contributed by atoms with van der Waals surface area (Å²) in [7, 11) is 0. The second-order valence-electron chi connectivity index (χ2n) is 3.23. The van der Waals surface area contributed by atoms with Gasteiger partial charge in [0.05, 0.1) is 5.69 Å². The number of hydrogen-bond donors (Lipinski definition) is 2. The zero-order valence-electron chi connectivity index (χ0n) is 6.89. The van der Waals surface area contributed by atoms with Crippen molar-refractivity contribution in [2.24, 2.45) is 0 Å². The van der Waals surface area contributed by atoms with Gasteiger partial charge >= 0.3 is 0 Å². The summed E-state index contributed by atoms with van der Waals surface area (Å²) in [6.07, 6.45) is 2.92. The van der Waals surface area contributed by atoms with Crippen molar-refractivity contribution in [3.05, 3.63) is 24.0 Å². The third-order valence-corrected chi connectivity index (χ3v) is 2.37. The third-order valence-electron chi connectivity index (χ3n) is 2.37. The Morgan fingerprint density at radius 2 is 2.50 bits per heavy atom. The minimum atomic E-state index is -0.873. The van der Waals surface area contributed by atoms with Crippen LogP contribution in [0, 0.1) is 0 Å². The number of nitrogens with one attached hydrogen (secondary N) is 2. The van der Waals surface area contributed by atoms with Gasteiger partial charge in [-0.1, -0.05) is 0 Å². The largest absolute Gasteiger partial charge is 0.363 e. The molecule has 0 radical (unpaired) electrons. The Labute approximate surface area is 71.2 Å². The topological polar surface area (TPSA) is 27.8 Å². The highest BCUT2D eigenvalue weighted by molar-refractivity contribution is 5.10. The van der Waals surface area contributed by atoms with E-state index in [-0.39, 0.29) is 6.04 Å². The first-order valence-corrected chi connectivity index (χ1v) is 4.38. The van der Waals surface area contributed by atoms with Crippen LogP contribution in [0.3, 0.4) is 0 Å². The van der Waals surface area contributed by atoms with Gasteiger partial charge in [-0.25, -0.2) is 4.39 Å². The van der Waals surface area contributed by atoms with Gasteiger partial charge in [-0.05, 0) is 31.5 Å². The molecule has 2 nitrogen and oxygen atoms in total. The zero-order chi connectivity index (χ0) is 8.39. The Hall–Kier alpha value is -0.830. The molecule has 1 fully saturated rings. The molecular formula is C9H13FN2. The summed E-state index contributed by atoms with van der Waals surface area (Å²) in [5.74, 6) is 0. The van der Waals surface area contributed by atoms with E-state index in [9.17, 15) is 4.39 Å². The summed E-state index contributed by atoms with van der Waals surface area (Å²) in [5, 5.41) is 3.15. The number of aromatic nitrogens is 1. The van der Waals surface area contributed by atoms with Crippen LogP contribution in [0.4, 0.5) is 4.39 Å². The van der Waals surface area contributed by atoms with Gasteiger partial charge in [-0.3, -0.25) is 0 Å². The number of hydrogen-bond acceptors (Lipinski definition) is 1. The Morgan fingerprint density at radius 1 is 1.58 bits per heavy atom. The fourth-order valence-electron chi connectivity index (χ4n) is 1.69. The smallest absolute Gasteiger partial charge is 0.155 e. The van der Waals surface area contributed by atoms with Gasteiger partial charge in [0.25, 0.3) is 0 Å². The van der Waals surface area contributed by atoms with Crippen molar-refractivity contribution in [1.29, 1.82) is 0 Å². The lowest BCUT2D eigenvalue weighted by Crippen LogP contribution is -2.26. The van der Waals surface area contributed by atoms with Crippen molar-refractivity contribution in [2.75, 3.05) is 6.54 Å². The van der Waals surface area contributed by atoms with E-state index in [1.807, 2.05) is 6.07 Å². The van der Waals surface area contributed by atoms with Crippen LogP contribution in [-0.2, 0) is 0 Å². The standard InChI is InChI=1S/C9H13FN2/c10-9(7-3-1-5-11-7)8-4-2-6-12-8/h1,3,5,8-9,11-12H,2,4,6H2. The summed E-state index contributed by atoms with van der Waals surface area (Å²) in [4.78, 5) is 2.90. The molecule has 1 aromatic rings. The summed E-state index contributed by atoms with van der Waals surface area (Å²) in [5.41, 5.74) is 0.689. The molecule has 2 heterocycles. The van der Waals surface area contributed by atoms with E-state index in [0.717, 1.165) is 19.4 Å². The highest BCUT2D eigenvalue weighted by atomic mass is 19.1. The van der Waals surface area contributed by atoms with Crippen molar-refractivity contribution < 1.29 is 4.39 Å². The molecule has 1 aromatic heterocycles. The summed E-state index contributed by atoms with van der Waals surface area (Å²) in [6, 6.07) is 3.64. The maximum atomic E-state index is 13.6. The molecule has 0 bridgehead atoms. The molecule has 12 heavy (non-hydrogen) atoms. The normalized spacial score (nSPS) is 25.9. The molecule has 2 N–H and O–H groups in total. The van der Waals surface area contributed by atoms with Crippen molar-refractivity contribution in [3.8, 4) is 0 Å². The van der Waals surface area contributed by atoms with Crippen LogP contribution in [0.1, 0.15) is 24.7 Å². The van der Waals surface area contributed by atoms with Crippen LogP contribution in [0.2, 0.25) is 0 Å². The quantitative estimate of drug-likeness (QED) is 0.692. The molecule has 0 saturated carbocycles. The van der Waals surface area contributed by atoms with Gasteiger partial charge in [0.15, 0.2) is 6.17 Å². The molecule has 2 atom stereocenters. The first-order chi connectivity index (χ1) is 5.88. The maximum Gasteiger partial charge on any atom is 0.155 e. The lowest BCUT2D eigenvalue weighted by Gasteiger charge is -2.14. The summed E-state index contributed by atoms with van der Waals surface area (Å²) >= 11 is 0. The van der Waals surface area contributed by atoms with Crippen molar-refractivity contribution >= 4 is 0 Å². The first kappa shape index (κ1) is 7.80. The molecule has 0 spiro atoms. The summed E-state index contributed by atoms with van der Waals surface area (Å²) in [6.45, 7) is 0.950. The Bertz CT molecular complexity index is 227. The van der Waals surface area contributed by atoms with Crippen LogP contribution in [-0.4, -0.2) is 17.6 Å². The first-order valence-electron chi connectivity index (χ1n) is 4.38. The van der Waals surface area contributed by atoms with Crippen LogP contribution in [0.5, 0.6) is 0 Å². The van der Waals surface area contributed by atoms with Crippen LogP contribution >= 0.6 is 0 Å². The van der Waals surface area contributed by atoms with E-state index in [1.165, 1.54) is 0 Å². The van der Waals surface area contributed by atoms with Gasteiger partial charge in [0.1, 0.15) is 0 Å². The molecule has 1 saturated heterocycles. The minimum absolute atomic E-state index is 0.0173. The van der Waals surface area contributed by atoms with E-state index < -0.39 is 6.17 Å². The molecule has 2 rings (SSSR count). The SMILES string of the molecule is FC(c1ccc[nH]1)C1CCCN1. The van der Waals surface area contributed by atoms with Crippen LogP contribution in [0.25, 0.3) is 0 Å². The molecule has 0 aliphatic carbocycles. The molecular weight excluding hydrogens is 155 g/mol. The fourth-order valence-corrected chi connectivity index (χ4v) is 1.69. The molecule has 0 aromatic carbocycles. The molecule has 0 amide bonds. The second-order valence-corrected chi connectivity index (χ2v) is 3.23. The number of H-pyrrole nitrogens is 1. The van der Waals surface area contributed by atoms with E-state index in [1.54, 1.807) is 12.3 Å². The maximum absolute atomic E-state index is 13.6.